The number of aromatic nitrogens is 4. The van der Waals surface area contributed by atoms with E-state index in [0.717, 1.165) is 6.42 Å². The number of fused-ring (bicyclic) bond motifs is 1. The molecule has 0 spiro atoms. The molecule has 4 atom stereocenters. The molecule has 1 fully saturated rings. The summed E-state index contributed by atoms with van der Waals surface area (Å²) in [6.45, 7) is 3.22. The molecular weight excluding hydrogens is 418 g/mol. The summed E-state index contributed by atoms with van der Waals surface area (Å²) in [5, 5.41) is 10.9. The second-order valence-electron chi connectivity index (χ2n) is 7.13. The highest BCUT2D eigenvalue weighted by Gasteiger charge is 2.49. The zero-order chi connectivity index (χ0) is 22.1. The van der Waals surface area contributed by atoms with Crippen LogP contribution in [-0.4, -0.2) is 87.5 Å². The molecule has 2 aromatic rings. The normalized spacial score (nSPS) is 24.9. The Morgan fingerprint density at radius 2 is 2.13 bits per heavy atom. The van der Waals surface area contributed by atoms with Crippen LogP contribution in [0.15, 0.2) is 6.33 Å². The molecule has 0 aliphatic carbocycles. The third kappa shape index (κ3) is 4.69. The molecule has 0 saturated carbocycles. The molecule has 0 bridgehead atoms. The highest BCUT2D eigenvalue weighted by Crippen LogP contribution is 2.36. The van der Waals surface area contributed by atoms with Crippen molar-refractivity contribution >= 4 is 27.4 Å². The molecule has 0 radical (unpaired) electrons. The largest absolute Gasteiger partial charge is 0.397 e. The highest BCUT2D eigenvalue weighted by molar-refractivity contribution is 7.80. The van der Waals surface area contributed by atoms with Crippen LogP contribution >= 0.6 is 0 Å². The van der Waals surface area contributed by atoms with E-state index in [1.807, 2.05) is 11.8 Å². The summed E-state index contributed by atoms with van der Waals surface area (Å²) in [6, 6.07) is 0. The van der Waals surface area contributed by atoms with Gasteiger partial charge >= 0.3 is 10.4 Å². The maximum absolute atomic E-state index is 11.4. The molecular formula is C16H27N7O6S. The molecule has 14 heteroatoms. The summed E-state index contributed by atoms with van der Waals surface area (Å²) >= 11 is 0. The van der Waals surface area contributed by atoms with E-state index < -0.39 is 34.9 Å². The quantitative estimate of drug-likeness (QED) is 0.334. The van der Waals surface area contributed by atoms with Gasteiger partial charge in [0.1, 0.15) is 30.5 Å². The van der Waals surface area contributed by atoms with Gasteiger partial charge in [0.25, 0.3) is 0 Å². The topological polar surface area (TPSA) is 192 Å². The number of nitrogens with zero attached hydrogens (tertiary/aromatic N) is 5. The fraction of sp³-hybridized carbons (Fsp3) is 0.688. The third-order valence-electron chi connectivity index (χ3n) is 4.93. The van der Waals surface area contributed by atoms with E-state index in [9.17, 15) is 18.1 Å². The van der Waals surface area contributed by atoms with Gasteiger partial charge in [-0.05, 0) is 26.6 Å². The summed E-state index contributed by atoms with van der Waals surface area (Å²) in [6.07, 6.45) is -2.24. The first kappa shape index (κ1) is 22.7. The van der Waals surface area contributed by atoms with Gasteiger partial charge in [-0.15, -0.1) is 0 Å². The second kappa shape index (κ2) is 9.05. The number of ether oxygens (including phenoxy) is 1. The molecule has 13 nitrogen and oxygen atoms in total. The van der Waals surface area contributed by atoms with Crippen molar-refractivity contribution in [3.05, 3.63) is 12.2 Å². The highest BCUT2D eigenvalue weighted by atomic mass is 32.3. The Bertz CT molecular complexity index is 984. The molecule has 1 saturated heterocycles. The fourth-order valence-electron chi connectivity index (χ4n) is 3.59. The van der Waals surface area contributed by atoms with Crippen LogP contribution in [0.5, 0.6) is 0 Å². The maximum Gasteiger partial charge on any atom is 0.397 e. The number of aliphatic hydroxyl groups is 1. The smallest absolute Gasteiger partial charge is 0.385 e. The zero-order valence-corrected chi connectivity index (χ0v) is 17.6. The Morgan fingerprint density at radius 3 is 2.77 bits per heavy atom. The van der Waals surface area contributed by atoms with Gasteiger partial charge in [-0.25, -0.2) is 19.1 Å². The van der Waals surface area contributed by atoms with Crippen LogP contribution in [0.4, 0.5) is 5.82 Å². The van der Waals surface area contributed by atoms with Crippen LogP contribution in [0.3, 0.4) is 0 Å². The Labute approximate surface area is 173 Å². The summed E-state index contributed by atoms with van der Waals surface area (Å²) in [4.78, 5) is 14.4. The number of likely N-dealkylation sites (N-methyl/N-ethyl adjacent to an activating group) is 1. The van der Waals surface area contributed by atoms with E-state index >= 15 is 0 Å². The predicted octanol–water partition coefficient (Wildman–Crippen LogP) is -1.30. The van der Waals surface area contributed by atoms with Crippen LogP contribution in [0.1, 0.15) is 25.4 Å². The number of imidazole rings is 1. The van der Waals surface area contributed by atoms with Crippen LogP contribution in [0.25, 0.3) is 11.2 Å². The van der Waals surface area contributed by atoms with Gasteiger partial charge in [-0.2, -0.15) is 8.42 Å². The van der Waals surface area contributed by atoms with Crippen molar-refractivity contribution in [3.8, 4) is 0 Å². The van der Waals surface area contributed by atoms with Crippen molar-refractivity contribution in [3.63, 3.8) is 0 Å². The van der Waals surface area contributed by atoms with Gasteiger partial charge in [-0.1, -0.05) is 6.92 Å². The lowest BCUT2D eigenvalue weighted by Gasteiger charge is -2.24. The lowest BCUT2D eigenvalue weighted by Crippen LogP contribution is -2.42. The number of aliphatic hydroxyl groups excluding tert-OH is 1. The van der Waals surface area contributed by atoms with Crippen LogP contribution < -0.4 is 11.5 Å². The molecule has 30 heavy (non-hydrogen) atoms. The first-order valence-corrected chi connectivity index (χ1v) is 10.9. The minimum atomic E-state index is -4.83. The van der Waals surface area contributed by atoms with Gasteiger partial charge in [0, 0.05) is 13.0 Å². The van der Waals surface area contributed by atoms with E-state index in [2.05, 4.69) is 15.0 Å². The minimum Gasteiger partial charge on any atom is -0.385 e. The summed E-state index contributed by atoms with van der Waals surface area (Å²) < 4.78 is 44.3. The van der Waals surface area contributed by atoms with Crippen LogP contribution in [-0.2, 0) is 25.7 Å². The fourth-order valence-corrected chi connectivity index (χ4v) is 4.11. The maximum atomic E-state index is 11.4. The molecule has 2 aromatic heterocycles. The summed E-state index contributed by atoms with van der Waals surface area (Å²) in [5.74, 6) is 0.689. The van der Waals surface area contributed by atoms with Crippen molar-refractivity contribution in [2.45, 2.75) is 44.3 Å². The minimum absolute atomic E-state index is 0.171. The second-order valence-corrected chi connectivity index (χ2v) is 8.18. The average Bonchev–Trinajstić information content (AvgIpc) is 3.18. The van der Waals surface area contributed by atoms with Crippen molar-refractivity contribution in [2.75, 3.05) is 32.4 Å². The van der Waals surface area contributed by atoms with Crippen molar-refractivity contribution in [1.82, 2.24) is 24.4 Å². The van der Waals surface area contributed by atoms with Gasteiger partial charge in [0.2, 0.25) is 0 Å². The van der Waals surface area contributed by atoms with E-state index in [1.165, 1.54) is 6.33 Å². The van der Waals surface area contributed by atoms with Crippen LogP contribution in [0.2, 0.25) is 0 Å². The molecule has 1 aliphatic heterocycles. The molecule has 3 rings (SSSR count). The molecule has 6 N–H and O–H groups in total. The van der Waals surface area contributed by atoms with Gasteiger partial charge in [-0.3, -0.25) is 9.12 Å². The monoisotopic (exact) mass is 445 g/mol. The number of hydrogen-bond donors (Lipinski definition) is 4. The zero-order valence-electron chi connectivity index (χ0n) is 16.7. The number of anilines is 1. The lowest BCUT2D eigenvalue weighted by atomic mass is 10.1. The first-order valence-electron chi connectivity index (χ1n) is 9.51. The molecule has 1 aliphatic rings. The van der Waals surface area contributed by atoms with Crippen molar-refractivity contribution in [1.29, 1.82) is 0 Å². The first-order chi connectivity index (χ1) is 14.2. The number of aryl methyl sites for hydroxylation is 1. The summed E-state index contributed by atoms with van der Waals surface area (Å²) in [7, 11) is -3.03. The Balaban J connectivity index is 1.98. The summed E-state index contributed by atoms with van der Waals surface area (Å²) in [5.41, 5.74) is 12.1. The lowest BCUT2D eigenvalue weighted by molar-refractivity contribution is -0.0432. The predicted molar refractivity (Wildman–Crippen MR) is 107 cm³/mol. The number of rotatable bonds is 9. The standard InChI is InChI=1S/C16H27N7O6S/c1-3-10-21-11-14(18)19-8-20-15(11)23(10)16-12(24)13(29-30(25,26)27)9(28-16)7-22(2)6-4-5-17/h8-9,12-13,16,24H,3-7,17H2,1-2H3,(H2,18,19,20)(H,25,26,27)/t9-,12-,13-,16-/m1/s1. The van der Waals surface area contributed by atoms with Crippen molar-refractivity contribution in [2.24, 2.45) is 5.73 Å². The Hall–Kier alpha value is -1.94. The Morgan fingerprint density at radius 1 is 1.40 bits per heavy atom. The molecule has 3 heterocycles. The van der Waals surface area contributed by atoms with Crippen LogP contribution in [0, 0.1) is 0 Å². The molecule has 0 unspecified atom stereocenters. The van der Waals surface area contributed by atoms with E-state index in [0.29, 0.717) is 36.5 Å². The number of nitrogen functional groups attached to an aromatic ring is 1. The number of hydrogen-bond acceptors (Lipinski definition) is 11. The molecule has 168 valence electrons. The van der Waals surface area contributed by atoms with E-state index in [4.69, 9.17) is 20.4 Å². The average molecular weight is 446 g/mol. The van der Waals surface area contributed by atoms with Gasteiger partial charge < -0.3 is 26.2 Å². The number of nitrogens with two attached hydrogens (primary N) is 2. The Kier molecular flexibility index (Phi) is 6.86. The van der Waals surface area contributed by atoms with E-state index in [-0.39, 0.29) is 12.4 Å². The molecule has 0 aromatic carbocycles. The third-order valence-corrected chi connectivity index (χ3v) is 5.39. The SMILES string of the molecule is CCc1nc2c(N)ncnc2n1[C@@H]1O[C@H](CN(C)CCCN)[C@@H](OS(=O)(=O)O)[C@H]1O. The van der Waals surface area contributed by atoms with Gasteiger partial charge in [0.05, 0.1) is 0 Å². The van der Waals surface area contributed by atoms with Crippen molar-refractivity contribution < 1.29 is 27.0 Å². The molecule has 0 amide bonds. The van der Waals surface area contributed by atoms with Gasteiger partial charge in [0.15, 0.2) is 23.2 Å². The van der Waals surface area contributed by atoms with E-state index in [1.54, 1.807) is 11.6 Å².